The summed E-state index contributed by atoms with van der Waals surface area (Å²) in [5.74, 6) is 0.642. The topological polar surface area (TPSA) is 119 Å². The highest BCUT2D eigenvalue weighted by molar-refractivity contribution is 5.87. The normalized spacial score (nSPS) is 14.5. The molecule has 1 saturated heterocycles. The van der Waals surface area contributed by atoms with Gasteiger partial charge in [0.25, 0.3) is 5.69 Å². The van der Waals surface area contributed by atoms with Gasteiger partial charge in [-0.05, 0) is 34.9 Å². The van der Waals surface area contributed by atoms with Gasteiger partial charge in [-0.1, -0.05) is 36.4 Å². The number of carbonyl (C=O) groups excluding carboxylic acids is 1. The molecule has 0 unspecified atom stereocenters. The number of nitro groups is 1. The fourth-order valence-corrected chi connectivity index (χ4v) is 5.13. The van der Waals surface area contributed by atoms with Gasteiger partial charge in [0.05, 0.1) is 25.2 Å². The Morgan fingerprint density at radius 3 is 2.66 bits per heavy atom. The van der Waals surface area contributed by atoms with Gasteiger partial charge in [0.1, 0.15) is 6.61 Å². The molecule has 41 heavy (non-hydrogen) atoms. The highest BCUT2D eigenvalue weighted by Crippen LogP contribution is 2.38. The fourth-order valence-electron chi connectivity index (χ4n) is 5.13. The van der Waals surface area contributed by atoms with Crippen LogP contribution in [0, 0.1) is 10.1 Å². The Bertz CT molecular complexity index is 1480. The summed E-state index contributed by atoms with van der Waals surface area (Å²) in [4.78, 5) is 29.8. The summed E-state index contributed by atoms with van der Waals surface area (Å²) in [6, 6.07) is 20.2. The number of amides is 1. The molecule has 1 aliphatic rings. The lowest BCUT2D eigenvalue weighted by Gasteiger charge is -2.26. The first kappa shape index (κ1) is 28.1. The summed E-state index contributed by atoms with van der Waals surface area (Å²) in [5.41, 5.74) is 3.43. The van der Waals surface area contributed by atoms with Gasteiger partial charge >= 0.3 is 0 Å². The van der Waals surface area contributed by atoms with Gasteiger partial charge in [0.2, 0.25) is 5.91 Å². The zero-order chi connectivity index (χ0) is 28.6. The number of methoxy groups -OCH3 is 1. The van der Waals surface area contributed by atoms with Gasteiger partial charge < -0.3 is 24.5 Å². The van der Waals surface area contributed by atoms with Crippen molar-refractivity contribution in [3.8, 4) is 11.5 Å². The largest absolute Gasteiger partial charge is 0.493 e. The molecule has 1 amide bonds. The van der Waals surface area contributed by atoms with Crippen molar-refractivity contribution in [1.82, 2.24) is 15.2 Å². The average molecular weight is 559 g/mol. The second kappa shape index (κ2) is 13.3. The first-order valence-corrected chi connectivity index (χ1v) is 13.7. The minimum Gasteiger partial charge on any atom is -0.493 e. The molecule has 10 nitrogen and oxygen atoms in total. The quantitative estimate of drug-likeness (QED) is 0.192. The van der Waals surface area contributed by atoms with E-state index in [9.17, 15) is 14.9 Å². The Morgan fingerprint density at radius 2 is 1.90 bits per heavy atom. The molecule has 214 valence electrons. The molecule has 0 radical (unpaired) electrons. The first-order chi connectivity index (χ1) is 20.0. The molecule has 1 atom stereocenters. The van der Waals surface area contributed by atoms with E-state index in [0.717, 1.165) is 41.8 Å². The van der Waals surface area contributed by atoms with E-state index < -0.39 is 4.92 Å². The number of rotatable bonds is 12. The second-order valence-corrected chi connectivity index (χ2v) is 9.98. The van der Waals surface area contributed by atoms with Crippen LogP contribution in [0.4, 0.5) is 5.69 Å². The van der Waals surface area contributed by atoms with Crippen LogP contribution in [0.25, 0.3) is 10.9 Å². The van der Waals surface area contributed by atoms with E-state index in [2.05, 4.69) is 15.2 Å². The van der Waals surface area contributed by atoms with E-state index in [-0.39, 0.29) is 23.9 Å². The lowest BCUT2D eigenvalue weighted by molar-refractivity contribution is -0.384. The first-order valence-electron chi connectivity index (χ1n) is 13.7. The van der Waals surface area contributed by atoms with Crippen LogP contribution in [0.1, 0.15) is 29.0 Å². The van der Waals surface area contributed by atoms with Crippen LogP contribution in [-0.4, -0.2) is 67.2 Å². The number of benzene rings is 3. The number of non-ortho nitro benzene ring substituents is 1. The van der Waals surface area contributed by atoms with Crippen molar-refractivity contribution in [3.05, 3.63) is 99.7 Å². The molecule has 1 aromatic heterocycles. The monoisotopic (exact) mass is 558 g/mol. The van der Waals surface area contributed by atoms with Crippen LogP contribution in [0.15, 0.2) is 72.9 Å². The zero-order valence-corrected chi connectivity index (χ0v) is 23.0. The minimum atomic E-state index is -0.411. The highest BCUT2D eigenvalue weighted by atomic mass is 16.6. The number of H-pyrrole nitrogens is 1. The van der Waals surface area contributed by atoms with Crippen molar-refractivity contribution in [2.45, 2.75) is 18.9 Å². The number of carbonyl (C=O) groups is 1. The lowest BCUT2D eigenvalue weighted by Crippen LogP contribution is -2.41. The number of hydrogen-bond donors (Lipinski definition) is 2. The van der Waals surface area contributed by atoms with Gasteiger partial charge in [-0.2, -0.15) is 0 Å². The van der Waals surface area contributed by atoms with E-state index >= 15 is 0 Å². The van der Waals surface area contributed by atoms with E-state index in [0.29, 0.717) is 43.3 Å². The number of aromatic nitrogens is 1. The van der Waals surface area contributed by atoms with Crippen LogP contribution in [0.5, 0.6) is 11.5 Å². The number of ether oxygens (including phenoxy) is 3. The standard InChI is InChI=1S/C31H34N4O6/c1-39-30-17-23(7-10-29(30)41-21-22-5-3-2-4-6-22)25(19-31(36)32-11-12-34-13-15-40-16-14-34)27-20-33-28-9-8-24(35(37)38)18-26(27)28/h2-10,17-18,20,25,33H,11-16,19,21H2,1H3,(H,32,36)/t25-/m1/s1. The molecule has 0 saturated carbocycles. The molecule has 0 spiro atoms. The average Bonchev–Trinajstić information content (AvgIpc) is 3.43. The van der Waals surface area contributed by atoms with Crippen molar-refractivity contribution in [2.75, 3.05) is 46.5 Å². The molecule has 4 aromatic rings. The molecular weight excluding hydrogens is 524 g/mol. The third-order valence-corrected chi connectivity index (χ3v) is 7.35. The molecule has 2 heterocycles. The third-order valence-electron chi connectivity index (χ3n) is 7.35. The van der Waals surface area contributed by atoms with E-state index in [1.807, 2.05) is 54.7 Å². The zero-order valence-electron chi connectivity index (χ0n) is 23.0. The number of fused-ring (bicyclic) bond motifs is 1. The number of nitrogens with one attached hydrogen (secondary N) is 2. The van der Waals surface area contributed by atoms with Crippen molar-refractivity contribution in [3.63, 3.8) is 0 Å². The molecule has 3 aromatic carbocycles. The van der Waals surface area contributed by atoms with Crippen LogP contribution in [0.3, 0.4) is 0 Å². The summed E-state index contributed by atoms with van der Waals surface area (Å²) in [5, 5.41) is 15.3. The number of nitrogens with zero attached hydrogens (tertiary/aromatic N) is 2. The molecule has 0 aliphatic carbocycles. The van der Waals surface area contributed by atoms with E-state index in [1.165, 1.54) is 6.07 Å². The second-order valence-electron chi connectivity index (χ2n) is 9.98. The van der Waals surface area contributed by atoms with Crippen LogP contribution < -0.4 is 14.8 Å². The lowest BCUT2D eigenvalue weighted by atomic mass is 9.87. The van der Waals surface area contributed by atoms with Gasteiger partial charge in [-0.15, -0.1) is 0 Å². The molecule has 10 heteroatoms. The van der Waals surface area contributed by atoms with Gasteiger partial charge in [-0.3, -0.25) is 19.8 Å². The predicted molar refractivity (Wildman–Crippen MR) is 155 cm³/mol. The van der Waals surface area contributed by atoms with Crippen molar-refractivity contribution >= 4 is 22.5 Å². The Hall–Kier alpha value is -4.41. The fraction of sp³-hybridized carbons (Fsp3) is 0.323. The van der Waals surface area contributed by atoms with Crippen LogP contribution >= 0.6 is 0 Å². The maximum Gasteiger partial charge on any atom is 0.270 e. The molecule has 5 rings (SSSR count). The number of aromatic amines is 1. The van der Waals surface area contributed by atoms with Crippen LogP contribution in [0.2, 0.25) is 0 Å². The number of hydrogen-bond acceptors (Lipinski definition) is 7. The van der Waals surface area contributed by atoms with Gasteiger partial charge in [0.15, 0.2) is 11.5 Å². The maximum atomic E-state index is 13.2. The minimum absolute atomic E-state index is 0.00527. The maximum absolute atomic E-state index is 13.2. The summed E-state index contributed by atoms with van der Waals surface area (Å²) in [7, 11) is 1.58. The Balaban J connectivity index is 1.40. The summed E-state index contributed by atoms with van der Waals surface area (Å²) in [6.07, 6.45) is 1.98. The molecule has 0 bridgehead atoms. The number of morpholine rings is 1. The van der Waals surface area contributed by atoms with Crippen molar-refractivity contribution in [1.29, 1.82) is 0 Å². The predicted octanol–water partition coefficient (Wildman–Crippen LogP) is 4.63. The van der Waals surface area contributed by atoms with Crippen molar-refractivity contribution < 1.29 is 23.9 Å². The number of nitro benzene ring substituents is 1. The van der Waals surface area contributed by atoms with Crippen LogP contribution in [-0.2, 0) is 16.1 Å². The molecular formula is C31H34N4O6. The van der Waals surface area contributed by atoms with Crippen molar-refractivity contribution in [2.24, 2.45) is 0 Å². The Kier molecular flexibility index (Phi) is 9.12. The summed E-state index contributed by atoms with van der Waals surface area (Å²) >= 11 is 0. The molecule has 2 N–H and O–H groups in total. The molecule has 1 aliphatic heterocycles. The smallest absolute Gasteiger partial charge is 0.270 e. The SMILES string of the molecule is COc1cc([C@@H](CC(=O)NCCN2CCOCC2)c2c[nH]c3ccc([N+](=O)[O-])cc23)ccc1OCc1ccccc1. The third kappa shape index (κ3) is 7.03. The van der Waals surface area contributed by atoms with E-state index in [4.69, 9.17) is 14.2 Å². The van der Waals surface area contributed by atoms with E-state index in [1.54, 1.807) is 19.2 Å². The summed E-state index contributed by atoms with van der Waals surface area (Å²) < 4.78 is 17.1. The van der Waals surface area contributed by atoms with Gasteiger partial charge in [-0.25, -0.2) is 0 Å². The highest BCUT2D eigenvalue weighted by Gasteiger charge is 2.24. The molecule has 1 fully saturated rings. The Morgan fingerprint density at radius 1 is 1.10 bits per heavy atom. The van der Waals surface area contributed by atoms with Gasteiger partial charge in [0, 0.05) is 67.8 Å². The Labute approximate surface area is 238 Å². The summed E-state index contributed by atoms with van der Waals surface area (Å²) in [6.45, 7) is 4.78.